The molecule has 0 fully saturated rings. The number of rotatable bonds is 8. The third kappa shape index (κ3) is 4.02. The van der Waals surface area contributed by atoms with Crippen LogP contribution < -0.4 is 18.9 Å². The smallest absolute Gasteiger partial charge is 0.357 e. The molecule has 0 N–H and O–H groups in total. The van der Waals surface area contributed by atoms with Crippen molar-refractivity contribution in [2.24, 2.45) is 0 Å². The lowest BCUT2D eigenvalue weighted by Crippen LogP contribution is -2.15. The Bertz CT molecular complexity index is 1170. The fraction of sp³-hybridized carbons (Fsp3) is 0.261. The highest BCUT2D eigenvalue weighted by molar-refractivity contribution is 6.08. The molecule has 0 aliphatic heterocycles. The van der Waals surface area contributed by atoms with Gasteiger partial charge in [-0.1, -0.05) is 18.2 Å². The van der Waals surface area contributed by atoms with Gasteiger partial charge in [0.2, 0.25) is 5.75 Å². The molecule has 0 spiro atoms. The molecule has 10 nitrogen and oxygen atoms in total. The summed E-state index contributed by atoms with van der Waals surface area (Å²) in [5.74, 6) is -0.537. The molecule has 174 valence electrons. The van der Waals surface area contributed by atoms with E-state index in [2.05, 4.69) is 5.10 Å². The number of aromatic nitrogens is 2. The van der Waals surface area contributed by atoms with Crippen molar-refractivity contribution < 1.29 is 38.0 Å². The van der Waals surface area contributed by atoms with Crippen molar-refractivity contribution >= 4 is 11.9 Å². The van der Waals surface area contributed by atoms with Crippen molar-refractivity contribution in [1.82, 2.24) is 9.78 Å². The van der Waals surface area contributed by atoms with Gasteiger partial charge in [0.15, 0.2) is 17.2 Å². The van der Waals surface area contributed by atoms with E-state index < -0.39 is 11.9 Å². The van der Waals surface area contributed by atoms with E-state index in [1.807, 2.05) is 6.07 Å². The van der Waals surface area contributed by atoms with Crippen molar-refractivity contribution in [3.05, 3.63) is 47.7 Å². The van der Waals surface area contributed by atoms with E-state index in [1.165, 1.54) is 47.3 Å². The van der Waals surface area contributed by atoms with Gasteiger partial charge in [-0.05, 0) is 12.1 Å². The second-order valence-electron chi connectivity index (χ2n) is 6.53. The number of para-hydroxylation sites is 1. The van der Waals surface area contributed by atoms with Crippen LogP contribution in [-0.2, 0) is 9.47 Å². The molecule has 0 saturated carbocycles. The van der Waals surface area contributed by atoms with Crippen LogP contribution in [0.15, 0.2) is 36.4 Å². The molecule has 0 aliphatic carbocycles. The van der Waals surface area contributed by atoms with E-state index in [0.29, 0.717) is 11.4 Å². The summed E-state index contributed by atoms with van der Waals surface area (Å²) < 4.78 is 33.3. The summed E-state index contributed by atoms with van der Waals surface area (Å²) >= 11 is 0. The lowest BCUT2D eigenvalue weighted by molar-refractivity contribution is 0.0549. The average Bonchev–Trinajstić information content (AvgIpc) is 3.26. The van der Waals surface area contributed by atoms with Gasteiger partial charge in [0.25, 0.3) is 0 Å². The fourth-order valence-corrected chi connectivity index (χ4v) is 3.45. The van der Waals surface area contributed by atoms with Crippen molar-refractivity contribution in [2.75, 3.05) is 42.7 Å². The van der Waals surface area contributed by atoms with Crippen LogP contribution in [0.25, 0.3) is 16.9 Å². The third-order valence-electron chi connectivity index (χ3n) is 4.90. The summed E-state index contributed by atoms with van der Waals surface area (Å²) in [5.41, 5.74) is 0.604. The molecular formula is C23H24N2O8. The zero-order chi connectivity index (χ0) is 24.1. The number of hydrogen-bond donors (Lipinski definition) is 0. The molecule has 0 atom stereocenters. The van der Waals surface area contributed by atoms with Crippen LogP contribution in [0.2, 0.25) is 0 Å². The van der Waals surface area contributed by atoms with Gasteiger partial charge in [-0.3, -0.25) is 0 Å². The molecule has 0 radical (unpaired) electrons. The van der Waals surface area contributed by atoms with Gasteiger partial charge in [0.1, 0.15) is 17.0 Å². The number of ether oxygens (including phenoxy) is 6. The molecule has 0 aliphatic rings. The van der Waals surface area contributed by atoms with Crippen molar-refractivity contribution in [3.8, 4) is 39.9 Å². The maximum Gasteiger partial charge on any atom is 0.357 e. The number of methoxy groups -OCH3 is 6. The third-order valence-corrected chi connectivity index (χ3v) is 4.90. The number of nitrogens with zero attached hydrogens (tertiary/aromatic N) is 2. The highest BCUT2D eigenvalue weighted by Gasteiger charge is 2.35. The highest BCUT2D eigenvalue weighted by Crippen LogP contribution is 2.50. The molecule has 0 amide bonds. The van der Waals surface area contributed by atoms with E-state index in [1.54, 1.807) is 30.3 Å². The summed E-state index contributed by atoms with van der Waals surface area (Å²) in [6.07, 6.45) is 0. The molecule has 1 heterocycles. The Morgan fingerprint density at radius 3 is 1.88 bits per heavy atom. The minimum Gasteiger partial charge on any atom is -0.496 e. The maximum atomic E-state index is 12.9. The Morgan fingerprint density at radius 2 is 1.36 bits per heavy atom. The predicted molar refractivity (Wildman–Crippen MR) is 118 cm³/mol. The van der Waals surface area contributed by atoms with Crippen LogP contribution in [-0.4, -0.2) is 64.4 Å². The monoisotopic (exact) mass is 456 g/mol. The van der Waals surface area contributed by atoms with Crippen LogP contribution in [0.3, 0.4) is 0 Å². The van der Waals surface area contributed by atoms with E-state index in [9.17, 15) is 9.59 Å². The minimum absolute atomic E-state index is 0.0701. The summed E-state index contributed by atoms with van der Waals surface area (Å²) in [6, 6.07) is 10.4. The molecule has 10 heteroatoms. The number of esters is 2. The molecule has 3 rings (SSSR count). The van der Waals surface area contributed by atoms with E-state index in [4.69, 9.17) is 28.4 Å². The van der Waals surface area contributed by atoms with Crippen molar-refractivity contribution in [3.63, 3.8) is 0 Å². The lowest BCUT2D eigenvalue weighted by Gasteiger charge is -2.18. The maximum absolute atomic E-state index is 12.9. The first-order chi connectivity index (χ1) is 16.0. The van der Waals surface area contributed by atoms with Gasteiger partial charge >= 0.3 is 11.9 Å². The standard InChI is InChI=1S/C23H24N2O8/c1-28-14-12-15(29-2)20(30-3)21(31-4)16(14)18-17(22(26)32-5)19(23(27)33-6)25(24-18)13-10-8-7-9-11-13/h7-12H,1-6H3. The first-order valence-electron chi connectivity index (χ1n) is 9.69. The van der Waals surface area contributed by atoms with Gasteiger partial charge < -0.3 is 28.4 Å². The Labute approximate surface area is 190 Å². The molecule has 0 saturated heterocycles. The molecule has 0 bridgehead atoms. The van der Waals surface area contributed by atoms with Crippen LogP contribution in [0, 0.1) is 0 Å². The van der Waals surface area contributed by atoms with Crippen LogP contribution in [0.5, 0.6) is 23.0 Å². The number of hydrogen-bond acceptors (Lipinski definition) is 9. The number of carbonyl (C=O) groups is 2. The van der Waals surface area contributed by atoms with E-state index in [-0.39, 0.29) is 39.8 Å². The Morgan fingerprint density at radius 1 is 0.758 bits per heavy atom. The lowest BCUT2D eigenvalue weighted by atomic mass is 10.0. The SMILES string of the molecule is COC(=O)c1c(-c2c(OC)cc(OC)c(OC)c2OC)nn(-c2ccccc2)c1C(=O)OC. The fourth-order valence-electron chi connectivity index (χ4n) is 3.45. The minimum atomic E-state index is -0.800. The molecular weight excluding hydrogens is 432 g/mol. The first-order valence-corrected chi connectivity index (χ1v) is 9.69. The van der Waals surface area contributed by atoms with Crippen LogP contribution in [0.1, 0.15) is 20.8 Å². The number of benzene rings is 2. The summed E-state index contributed by atoms with van der Waals surface area (Å²) in [6.45, 7) is 0. The average molecular weight is 456 g/mol. The van der Waals surface area contributed by atoms with Gasteiger partial charge in [-0.25, -0.2) is 14.3 Å². The van der Waals surface area contributed by atoms with Gasteiger partial charge in [0, 0.05) is 6.07 Å². The zero-order valence-corrected chi connectivity index (χ0v) is 19.1. The summed E-state index contributed by atoms with van der Waals surface area (Å²) in [7, 11) is 8.19. The number of carbonyl (C=O) groups excluding carboxylic acids is 2. The second kappa shape index (κ2) is 9.94. The quantitative estimate of drug-likeness (QED) is 0.472. The van der Waals surface area contributed by atoms with Gasteiger partial charge in [0.05, 0.1) is 53.9 Å². The topological polar surface area (TPSA) is 107 Å². The first kappa shape index (κ1) is 23.5. The van der Waals surface area contributed by atoms with Gasteiger partial charge in [-0.2, -0.15) is 5.10 Å². The van der Waals surface area contributed by atoms with Crippen molar-refractivity contribution in [2.45, 2.75) is 0 Å². The van der Waals surface area contributed by atoms with E-state index >= 15 is 0 Å². The van der Waals surface area contributed by atoms with E-state index in [0.717, 1.165) is 0 Å². The zero-order valence-electron chi connectivity index (χ0n) is 19.1. The largest absolute Gasteiger partial charge is 0.496 e. The molecule has 33 heavy (non-hydrogen) atoms. The van der Waals surface area contributed by atoms with Crippen LogP contribution >= 0.6 is 0 Å². The Hall–Kier alpha value is -4.21. The van der Waals surface area contributed by atoms with Crippen molar-refractivity contribution in [1.29, 1.82) is 0 Å². The molecule has 3 aromatic rings. The summed E-state index contributed by atoms with van der Waals surface area (Å²) in [4.78, 5) is 25.8. The Kier molecular flexibility index (Phi) is 7.07. The molecule has 1 aromatic heterocycles. The molecule has 0 unspecified atom stereocenters. The highest BCUT2D eigenvalue weighted by atomic mass is 16.5. The van der Waals surface area contributed by atoms with Crippen LogP contribution in [0.4, 0.5) is 0 Å². The normalized spacial score (nSPS) is 10.4. The van der Waals surface area contributed by atoms with Gasteiger partial charge in [-0.15, -0.1) is 0 Å². The predicted octanol–water partition coefficient (Wildman–Crippen LogP) is 3.15. The summed E-state index contributed by atoms with van der Waals surface area (Å²) in [5, 5.41) is 4.60. The Balaban J connectivity index is 2.52. The second-order valence-corrected chi connectivity index (χ2v) is 6.53. The molecule has 2 aromatic carbocycles.